The molecule has 0 bridgehead atoms. The van der Waals surface area contributed by atoms with E-state index in [9.17, 15) is 4.79 Å². The molecule has 1 saturated carbocycles. The highest BCUT2D eigenvalue weighted by Gasteiger charge is 2.33. The second-order valence-electron chi connectivity index (χ2n) is 6.72. The number of rotatable bonds is 5. The van der Waals surface area contributed by atoms with Crippen LogP contribution >= 0.6 is 0 Å². The van der Waals surface area contributed by atoms with Gasteiger partial charge in [0.2, 0.25) is 0 Å². The van der Waals surface area contributed by atoms with Crippen LogP contribution in [0.4, 0.5) is 4.79 Å². The van der Waals surface area contributed by atoms with Gasteiger partial charge in [-0.2, -0.15) is 0 Å². The topological polar surface area (TPSA) is 38.3 Å². The zero-order chi connectivity index (χ0) is 15.9. The van der Waals surface area contributed by atoms with Crippen molar-refractivity contribution in [3.05, 3.63) is 23.8 Å². The zero-order valence-electron chi connectivity index (χ0n) is 14.2. The van der Waals surface area contributed by atoms with E-state index in [0.717, 1.165) is 25.7 Å². The Morgan fingerprint density at radius 3 is 2.52 bits per heavy atom. The van der Waals surface area contributed by atoms with E-state index in [0.29, 0.717) is 18.4 Å². The van der Waals surface area contributed by atoms with Crippen LogP contribution in [-0.4, -0.2) is 18.2 Å². The van der Waals surface area contributed by atoms with Crippen LogP contribution in [0.2, 0.25) is 0 Å². The first kappa shape index (κ1) is 17.8. The van der Waals surface area contributed by atoms with Crippen LogP contribution < -0.4 is 5.32 Å². The van der Waals surface area contributed by atoms with Gasteiger partial charge in [0.25, 0.3) is 0 Å². The van der Waals surface area contributed by atoms with Crippen LogP contribution in [0.25, 0.3) is 0 Å². The molecule has 0 atom stereocenters. The summed E-state index contributed by atoms with van der Waals surface area (Å²) < 4.78 is 4.99. The van der Waals surface area contributed by atoms with Crippen molar-refractivity contribution in [1.29, 1.82) is 0 Å². The fraction of sp³-hybridized carbons (Fsp3) is 0.722. The minimum atomic E-state index is -0.286. The molecule has 21 heavy (non-hydrogen) atoms. The summed E-state index contributed by atoms with van der Waals surface area (Å²) in [5.41, 5.74) is 1.33. The van der Waals surface area contributed by atoms with Gasteiger partial charge in [0, 0.05) is 5.54 Å². The fourth-order valence-corrected chi connectivity index (χ4v) is 2.81. The maximum absolute atomic E-state index is 11.6. The largest absolute Gasteiger partial charge is 0.450 e. The molecule has 0 unspecified atom stereocenters. The summed E-state index contributed by atoms with van der Waals surface area (Å²) in [6.45, 7) is 11.0. The highest BCUT2D eigenvalue weighted by Crippen LogP contribution is 2.35. The molecule has 0 aliphatic heterocycles. The molecule has 0 aromatic rings. The first-order valence-electron chi connectivity index (χ1n) is 8.16. The normalized spacial score (nSPS) is 27.1. The summed E-state index contributed by atoms with van der Waals surface area (Å²) in [4.78, 5) is 11.6. The van der Waals surface area contributed by atoms with E-state index in [1.54, 1.807) is 0 Å². The number of amides is 1. The van der Waals surface area contributed by atoms with Gasteiger partial charge in [-0.3, -0.25) is 0 Å². The number of allylic oxidation sites excluding steroid dienone is 4. The smallest absolute Gasteiger partial charge is 0.407 e. The van der Waals surface area contributed by atoms with Gasteiger partial charge in [-0.15, -0.1) is 0 Å². The molecule has 1 rings (SSSR count). The van der Waals surface area contributed by atoms with Gasteiger partial charge >= 0.3 is 6.09 Å². The monoisotopic (exact) mass is 293 g/mol. The summed E-state index contributed by atoms with van der Waals surface area (Å²) in [7, 11) is 0. The summed E-state index contributed by atoms with van der Waals surface area (Å²) >= 11 is 0. The Labute approximate surface area is 129 Å². The molecule has 1 aliphatic carbocycles. The van der Waals surface area contributed by atoms with Crippen LogP contribution in [-0.2, 0) is 4.74 Å². The molecule has 0 aromatic carbocycles. The Morgan fingerprint density at radius 1 is 1.38 bits per heavy atom. The van der Waals surface area contributed by atoms with Crippen molar-refractivity contribution in [1.82, 2.24) is 5.32 Å². The van der Waals surface area contributed by atoms with Crippen LogP contribution in [0.1, 0.15) is 60.3 Å². The maximum Gasteiger partial charge on any atom is 0.407 e. The van der Waals surface area contributed by atoms with Gasteiger partial charge in [0.15, 0.2) is 0 Å². The van der Waals surface area contributed by atoms with Crippen LogP contribution in [0.5, 0.6) is 0 Å². The molecule has 0 saturated heterocycles. The predicted octanol–water partition coefficient (Wildman–Crippen LogP) is 4.84. The number of carbonyl (C=O) groups excluding carboxylic acids is 1. The highest BCUT2D eigenvalue weighted by atomic mass is 16.5. The molecule has 3 heteroatoms. The lowest BCUT2D eigenvalue weighted by molar-refractivity contribution is 0.128. The van der Waals surface area contributed by atoms with Crippen molar-refractivity contribution in [2.75, 3.05) is 6.61 Å². The molecule has 3 nitrogen and oxygen atoms in total. The number of nitrogens with one attached hydrogen (secondary N) is 1. The van der Waals surface area contributed by atoms with E-state index in [1.165, 1.54) is 5.57 Å². The molecule has 1 fully saturated rings. The Morgan fingerprint density at radius 2 is 2.00 bits per heavy atom. The Kier molecular flexibility index (Phi) is 7.00. The van der Waals surface area contributed by atoms with E-state index in [2.05, 4.69) is 51.2 Å². The zero-order valence-corrected chi connectivity index (χ0v) is 14.2. The lowest BCUT2D eigenvalue weighted by Crippen LogP contribution is -2.48. The Hall–Kier alpha value is -1.25. The van der Waals surface area contributed by atoms with E-state index >= 15 is 0 Å². The average molecular weight is 293 g/mol. The van der Waals surface area contributed by atoms with Crippen molar-refractivity contribution in [3.8, 4) is 0 Å². The first-order chi connectivity index (χ1) is 9.86. The van der Waals surface area contributed by atoms with E-state index < -0.39 is 0 Å². The molecule has 1 amide bonds. The molecular formula is C18H31NO2. The predicted molar refractivity (Wildman–Crippen MR) is 88.3 cm³/mol. The minimum Gasteiger partial charge on any atom is -0.450 e. The number of alkyl carbamates (subject to hydrolysis) is 1. The molecule has 1 aliphatic rings. The second kappa shape index (κ2) is 8.26. The summed E-state index contributed by atoms with van der Waals surface area (Å²) in [6, 6.07) is 0. The van der Waals surface area contributed by atoms with Gasteiger partial charge in [-0.05, 0) is 58.3 Å². The number of hydrogen-bond donors (Lipinski definition) is 1. The van der Waals surface area contributed by atoms with Crippen molar-refractivity contribution in [3.63, 3.8) is 0 Å². The average Bonchev–Trinajstić information content (AvgIpc) is 2.38. The van der Waals surface area contributed by atoms with Crippen molar-refractivity contribution in [2.24, 2.45) is 11.8 Å². The molecule has 120 valence electrons. The lowest BCUT2D eigenvalue weighted by atomic mass is 9.75. The van der Waals surface area contributed by atoms with Gasteiger partial charge in [-0.1, -0.05) is 37.6 Å². The van der Waals surface area contributed by atoms with E-state index in [4.69, 9.17) is 4.74 Å². The van der Waals surface area contributed by atoms with Gasteiger partial charge < -0.3 is 10.1 Å². The number of carbonyl (C=O) groups is 1. The molecule has 0 radical (unpaired) electrons. The van der Waals surface area contributed by atoms with Crippen LogP contribution in [0.15, 0.2) is 23.8 Å². The molecule has 1 N–H and O–H groups in total. The molecule has 0 aromatic heterocycles. The van der Waals surface area contributed by atoms with Crippen LogP contribution in [0.3, 0.4) is 0 Å². The quantitative estimate of drug-likeness (QED) is 0.737. The highest BCUT2D eigenvalue weighted by molar-refractivity contribution is 5.68. The first-order valence-corrected chi connectivity index (χ1v) is 8.16. The molecule has 0 heterocycles. The fourth-order valence-electron chi connectivity index (χ4n) is 2.81. The third-order valence-electron chi connectivity index (χ3n) is 4.27. The molecule has 0 spiro atoms. The van der Waals surface area contributed by atoms with E-state index in [-0.39, 0.29) is 11.6 Å². The molecular weight excluding hydrogens is 262 g/mol. The lowest BCUT2D eigenvalue weighted by Gasteiger charge is -2.38. The van der Waals surface area contributed by atoms with Gasteiger partial charge in [0.05, 0.1) is 6.61 Å². The Balaban J connectivity index is 2.49. The third-order valence-corrected chi connectivity index (χ3v) is 4.27. The summed E-state index contributed by atoms with van der Waals surface area (Å²) in [6.07, 6.45) is 10.6. The number of ether oxygens (including phenoxy) is 1. The van der Waals surface area contributed by atoms with Crippen LogP contribution in [0, 0.1) is 11.8 Å². The van der Waals surface area contributed by atoms with Gasteiger partial charge in [-0.25, -0.2) is 4.79 Å². The second-order valence-corrected chi connectivity index (χ2v) is 6.72. The summed E-state index contributed by atoms with van der Waals surface area (Å²) in [5.74, 6) is 1.23. The standard InChI is InChI=1S/C18H31NO2/c1-6-21-17(20)19-18(5)12-10-16(11-13-18)15(4)9-7-8-14(2)3/h7-9,14,16H,6,10-13H2,1-5H3,(H,19,20)/b8-7+,15-9+. The summed E-state index contributed by atoms with van der Waals surface area (Å²) in [5, 5.41) is 3.02. The van der Waals surface area contributed by atoms with Gasteiger partial charge in [0.1, 0.15) is 0 Å². The maximum atomic E-state index is 11.6. The third kappa shape index (κ3) is 6.36. The van der Waals surface area contributed by atoms with E-state index in [1.807, 2.05) is 6.92 Å². The van der Waals surface area contributed by atoms with Crippen molar-refractivity contribution in [2.45, 2.75) is 65.8 Å². The van der Waals surface area contributed by atoms with Crippen molar-refractivity contribution >= 4 is 6.09 Å². The minimum absolute atomic E-state index is 0.114. The van der Waals surface area contributed by atoms with Crippen molar-refractivity contribution < 1.29 is 9.53 Å². The number of hydrogen-bond acceptors (Lipinski definition) is 2. The SMILES string of the molecule is CCOC(=O)NC1(C)CCC(/C(C)=C/C=C/C(C)C)CC1. The Bertz CT molecular complexity index is 388.